The highest BCUT2D eigenvalue weighted by Gasteiger charge is 2.26. The molecule has 1 aromatic heterocycles. The zero-order valence-corrected chi connectivity index (χ0v) is 14.6. The molecule has 3 N–H and O–H groups in total. The van der Waals surface area contributed by atoms with Gasteiger partial charge in [0.2, 0.25) is 11.9 Å². The Labute approximate surface area is 142 Å². The van der Waals surface area contributed by atoms with Gasteiger partial charge in [-0.2, -0.15) is 4.98 Å². The normalized spacial score (nSPS) is 16.5. The van der Waals surface area contributed by atoms with E-state index in [1.807, 2.05) is 36.1 Å². The Bertz CT molecular complexity index is 794. The van der Waals surface area contributed by atoms with Crippen LogP contribution < -0.4 is 10.6 Å². The van der Waals surface area contributed by atoms with Gasteiger partial charge in [0.25, 0.3) is 0 Å². The number of aromatic amines is 1. The first-order valence-electron chi connectivity index (χ1n) is 8.10. The topological polar surface area (TPSA) is 105 Å². The molecule has 0 bridgehead atoms. The summed E-state index contributed by atoms with van der Waals surface area (Å²) in [6, 6.07) is 7.69. The lowest BCUT2D eigenvalue weighted by atomic mass is 9.99. The number of nitrogens with one attached hydrogen (secondary N) is 1. The van der Waals surface area contributed by atoms with Crippen molar-refractivity contribution in [2.45, 2.75) is 25.5 Å². The van der Waals surface area contributed by atoms with Gasteiger partial charge in [-0.3, -0.25) is 0 Å². The number of H-pyrrole nitrogens is 1. The number of hydrogen-bond donors (Lipinski definition) is 2. The first kappa shape index (κ1) is 16.8. The molecule has 2 aromatic rings. The van der Waals surface area contributed by atoms with Crippen LogP contribution in [-0.2, 0) is 15.6 Å². The Morgan fingerprint density at radius 2 is 2.08 bits per heavy atom. The molecule has 130 valence electrons. The average molecular weight is 349 g/mol. The van der Waals surface area contributed by atoms with Crippen LogP contribution in [0, 0.1) is 12.8 Å². The molecular weight excluding hydrogens is 326 g/mol. The van der Waals surface area contributed by atoms with Crippen molar-refractivity contribution in [3.63, 3.8) is 0 Å². The van der Waals surface area contributed by atoms with E-state index in [0.29, 0.717) is 11.9 Å². The third-order valence-corrected chi connectivity index (χ3v) is 6.10. The Morgan fingerprint density at radius 3 is 2.71 bits per heavy atom. The zero-order chi connectivity index (χ0) is 17.2. The van der Waals surface area contributed by atoms with Crippen molar-refractivity contribution in [1.82, 2.24) is 15.2 Å². The molecule has 8 heteroatoms. The molecule has 0 aliphatic carbocycles. The number of aryl methyl sites for hydroxylation is 1. The number of hydrogen-bond acceptors (Lipinski definition) is 6. The molecular formula is C16H23N5O2S. The fraction of sp³-hybridized carbons (Fsp3) is 0.500. The van der Waals surface area contributed by atoms with Crippen LogP contribution in [0.5, 0.6) is 0 Å². The Morgan fingerprint density at radius 1 is 1.33 bits per heavy atom. The molecule has 0 radical (unpaired) electrons. The van der Waals surface area contributed by atoms with Gasteiger partial charge in [-0.05, 0) is 31.2 Å². The van der Waals surface area contributed by atoms with Gasteiger partial charge in [0, 0.05) is 13.1 Å². The second-order valence-corrected chi connectivity index (χ2v) is 8.60. The number of nitrogens with zero attached hydrogens (tertiary/aromatic N) is 3. The Kier molecular flexibility index (Phi) is 4.75. The van der Waals surface area contributed by atoms with Crippen molar-refractivity contribution in [3.05, 3.63) is 35.4 Å². The summed E-state index contributed by atoms with van der Waals surface area (Å²) >= 11 is 0. The number of aromatic nitrogens is 3. The number of piperidine rings is 1. The van der Waals surface area contributed by atoms with E-state index in [1.54, 1.807) is 0 Å². The van der Waals surface area contributed by atoms with Crippen LogP contribution in [-0.4, -0.2) is 42.4 Å². The molecule has 0 saturated carbocycles. The molecule has 1 saturated heterocycles. The summed E-state index contributed by atoms with van der Waals surface area (Å²) in [7, 11) is -3.10. The predicted octanol–water partition coefficient (Wildman–Crippen LogP) is 1.53. The summed E-state index contributed by atoms with van der Waals surface area (Å²) in [5, 5.41) is 6.68. The van der Waals surface area contributed by atoms with Gasteiger partial charge in [0.1, 0.15) is 0 Å². The molecule has 1 aliphatic heterocycles. The molecule has 2 heterocycles. The summed E-state index contributed by atoms with van der Waals surface area (Å²) in [4.78, 5) is 6.16. The maximum absolute atomic E-state index is 12.5. The van der Waals surface area contributed by atoms with Crippen molar-refractivity contribution < 1.29 is 8.42 Å². The molecule has 1 aliphatic rings. The summed E-state index contributed by atoms with van der Waals surface area (Å²) in [6.07, 6.45) is 1.64. The molecule has 7 nitrogen and oxygen atoms in total. The van der Waals surface area contributed by atoms with Gasteiger partial charge in [-0.1, -0.05) is 29.8 Å². The minimum absolute atomic E-state index is 0.117. The second-order valence-electron chi connectivity index (χ2n) is 6.49. The number of benzene rings is 1. The van der Waals surface area contributed by atoms with Gasteiger partial charge in [0.15, 0.2) is 9.84 Å². The van der Waals surface area contributed by atoms with E-state index in [1.165, 1.54) is 0 Å². The van der Waals surface area contributed by atoms with E-state index in [2.05, 4.69) is 15.2 Å². The molecule has 0 amide bonds. The van der Waals surface area contributed by atoms with E-state index in [-0.39, 0.29) is 17.4 Å². The maximum atomic E-state index is 12.5. The van der Waals surface area contributed by atoms with Crippen LogP contribution in [0.3, 0.4) is 0 Å². The summed E-state index contributed by atoms with van der Waals surface area (Å²) in [6.45, 7) is 3.48. The lowest BCUT2D eigenvalue weighted by molar-refractivity contribution is 0.432. The third kappa shape index (κ3) is 4.25. The summed E-state index contributed by atoms with van der Waals surface area (Å²) in [5.74, 6) is 1.44. The van der Waals surface area contributed by atoms with E-state index < -0.39 is 9.84 Å². The number of nitrogens with two attached hydrogens (primary N) is 1. The number of rotatable bonds is 5. The van der Waals surface area contributed by atoms with Gasteiger partial charge < -0.3 is 10.6 Å². The van der Waals surface area contributed by atoms with Gasteiger partial charge in [-0.25, -0.2) is 13.5 Å². The lowest BCUT2D eigenvalue weighted by Gasteiger charge is -2.30. The molecule has 3 rings (SSSR count). The maximum Gasteiger partial charge on any atom is 0.246 e. The van der Waals surface area contributed by atoms with Crippen LogP contribution in [0.4, 0.5) is 11.9 Å². The van der Waals surface area contributed by atoms with E-state index in [4.69, 9.17) is 5.73 Å². The van der Waals surface area contributed by atoms with Crippen molar-refractivity contribution in [2.24, 2.45) is 5.92 Å². The molecule has 0 atom stereocenters. The second kappa shape index (κ2) is 6.80. The van der Waals surface area contributed by atoms with Crippen molar-refractivity contribution in [3.8, 4) is 0 Å². The quantitative estimate of drug-likeness (QED) is 0.848. The van der Waals surface area contributed by atoms with Crippen molar-refractivity contribution >= 4 is 21.7 Å². The van der Waals surface area contributed by atoms with Crippen LogP contribution >= 0.6 is 0 Å². The van der Waals surface area contributed by atoms with E-state index in [0.717, 1.165) is 37.1 Å². The van der Waals surface area contributed by atoms with Crippen molar-refractivity contribution in [1.29, 1.82) is 0 Å². The average Bonchev–Trinajstić information content (AvgIpc) is 2.93. The number of sulfone groups is 1. The number of nitrogen functional groups attached to an aromatic ring is 1. The smallest absolute Gasteiger partial charge is 0.246 e. The fourth-order valence-electron chi connectivity index (χ4n) is 3.18. The third-order valence-electron chi connectivity index (χ3n) is 4.35. The predicted molar refractivity (Wildman–Crippen MR) is 94.4 cm³/mol. The number of anilines is 2. The summed E-state index contributed by atoms with van der Waals surface area (Å²) in [5.41, 5.74) is 7.49. The first-order chi connectivity index (χ1) is 11.4. The SMILES string of the molecule is Cc1cccc(CS(=O)(=O)CC2CCN(c3n[nH]c(N)n3)CC2)c1. The fourth-order valence-corrected chi connectivity index (χ4v) is 5.04. The molecule has 1 fully saturated rings. The molecule has 0 spiro atoms. The highest BCUT2D eigenvalue weighted by molar-refractivity contribution is 7.90. The monoisotopic (exact) mass is 349 g/mol. The van der Waals surface area contributed by atoms with Crippen LogP contribution in [0.1, 0.15) is 24.0 Å². The standard InChI is InChI=1S/C16H23N5O2S/c1-12-3-2-4-14(9-12)11-24(22,23)10-13-5-7-21(8-6-13)16-18-15(17)19-20-16/h2-4,9,13H,5-8,10-11H2,1H3,(H3,17,18,19,20). The largest absolute Gasteiger partial charge is 0.368 e. The van der Waals surface area contributed by atoms with Crippen LogP contribution in [0.2, 0.25) is 0 Å². The van der Waals surface area contributed by atoms with E-state index >= 15 is 0 Å². The minimum atomic E-state index is -3.10. The first-order valence-corrected chi connectivity index (χ1v) is 9.92. The van der Waals surface area contributed by atoms with Gasteiger partial charge in [0.05, 0.1) is 11.5 Å². The molecule has 0 unspecified atom stereocenters. The van der Waals surface area contributed by atoms with E-state index in [9.17, 15) is 8.42 Å². The highest BCUT2D eigenvalue weighted by Crippen LogP contribution is 2.23. The van der Waals surface area contributed by atoms with Crippen molar-refractivity contribution in [2.75, 3.05) is 29.5 Å². The molecule has 24 heavy (non-hydrogen) atoms. The van der Waals surface area contributed by atoms with Crippen LogP contribution in [0.15, 0.2) is 24.3 Å². The zero-order valence-electron chi connectivity index (χ0n) is 13.8. The van der Waals surface area contributed by atoms with Crippen LogP contribution in [0.25, 0.3) is 0 Å². The highest BCUT2D eigenvalue weighted by atomic mass is 32.2. The van der Waals surface area contributed by atoms with Gasteiger partial charge in [-0.15, -0.1) is 5.10 Å². The van der Waals surface area contributed by atoms with Gasteiger partial charge >= 0.3 is 0 Å². The molecule has 1 aromatic carbocycles. The lowest BCUT2D eigenvalue weighted by Crippen LogP contribution is -2.36. The summed E-state index contributed by atoms with van der Waals surface area (Å²) < 4.78 is 24.9. The Hall–Kier alpha value is -2.09. The Balaban J connectivity index is 1.55. The minimum Gasteiger partial charge on any atom is -0.368 e.